The van der Waals surface area contributed by atoms with Crippen LogP contribution in [0.1, 0.15) is 12.6 Å². The molecule has 1 fully saturated rings. The van der Waals surface area contributed by atoms with Crippen LogP contribution < -0.4 is 11.1 Å². The van der Waals surface area contributed by atoms with Crippen LogP contribution in [0.15, 0.2) is 12.7 Å². The van der Waals surface area contributed by atoms with Gasteiger partial charge in [0, 0.05) is 6.54 Å². The molecular weight excluding hydrogens is 332 g/mol. The van der Waals surface area contributed by atoms with Crippen LogP contribution in [0.4, 0.5) is 5.82 Å². The maximum atomic E-state index is 10.3. The summed E-state index contributed by atoms with van der Waals surface area (Å²) in [5, 5.41) is 23.6. The van der Waals surface area contributed by atoms with Gasteiger partial charge >= 0.3 is 0 Å². The second kappa shape index (κ2) is 7.70. The van der Waals surface area contributed by atoms with Crippen LogP contribution >= 0.6 is 0 Å². The minimum absolute atomic E-state index is 0.229. The molecule has 136 valence electrons. The van der Waals surface area contributed by atoms with Crippen molar-refractivity contribution >= 4 is 23.5 Å². The molecule has 2 unspecified atom stereocenters. The first kappa shape index (κ1) is 17.5. The van der Waals surface area contributed by atoms with Crippen LogP contribution in [0.3, 0.4) is 0 Å². The van der Waals surface area contributed by atoms with Gasteiger partial charge < -0.3 is 30.7 Å². The molecular formula is C14H20N6O5. The van der Waals surface area contributed by atoms with Crippen molar-refractivity contribution in [2.24, 2.45) is 0 Å². The Morgan fingerprint density at radius 1 is 1.36 bits per heavy atom. The molecule has 0 amide bonds. The number of rotatable bonds is 8. The first-order valence-electron chi connectivity index (χ1n) is 7.84. The summed E-state index contributed by atoms with van der Waals surface area (Å²) in [6.45, 7) is 1.63. The molecule has 2 aromatic heterocycles. The number of carbonyl (C=O) groups excluding carboxylic acids is 1. The van der Waals surface area contributed by atoms with E-state index in [-0.39, 0.29) is 5.82 Å². The van der Waals surface area contributed by atoms with Crippen LogP contribution in [-0.4, -0.2) is 74.2 Å². The molecule has 1 saturated heterocycles. The largest absolute Gasteiger partial charge is 0.468 e. The van der Waals surface area contributed by atoms with Crippen LogP contribution in [0, 0.1) is 0 Å². The molecule has 25 heavy (non-hydrogen) atoms. The lowest BCUT2D eigenvalue weighted by Gasteiger charge is -2.16. The van der Waals surface area contributed by atoms with E-state index < -0.39 is 24.5 Å². The average Bonchev–Trinajstić information content (AvgIpc) is 3.15. The predicted molar refractivity (Wildman–Crippen MR) is 85.2 cm³/mol. The number of nitrogen functional groups attached to an aromatic ring is 1. The van der Waals surface area contributed by atoms with Gasteiger partial charge in [0.15, 0.2) is 17.7 Å². The minimum Gasteiger partial charge on any atom is -0.468 e. The number of aliphatic hydroxyl groups is 2. The predicted octanol–water partition coefficient (Wildman–Crippen LogP) is -1.82. The SMILES string of the molecule is Nc1ncnc2c1ncn2C1OC(CNCCCOC=O)[C@@H](O)[C@H]1O. The number of nitrogens with zero attached hydrogens (tertiary/aromatic N) is 4. The molecule has 0 aromatic carbocycles. The lowest BCUT2D eigenvalue weighted by molar-refractivity contribution is -0.128. The number of hydrogen-bond acceptors (Lipinski definition) is 10. The second-order valence-electron chi connectivity index (χ2n) is 5.65. The van der Waals surface area contributed by atoms with Crippen LogP contribution in [0.25, 0.3) is 11.2 Å². The zero-order valence-corrected chi connectivity index (χ0v) is 13.4. The summed E-state index contributed by atoms with van der Waals surface area (Å²) in [6.07, 6.45) is -0.269. The summed E-state index contributed by atoms with van der Waals surface area (Å²) >= 11 is 0. The molecule has 5 N–H and O–H groups in total. The van der Waals surface area contributed by atoms with Gasteiger partial charge in [0.1, 0.15) is 30.2 Å². The Morgan fingerprint density at radius 3 is 3.00 bits per heavy atom. The van der Waals surface area contributed by atoms with Crippen molar-refractivity contribution in [3.05, 3.63) is 12.7 Å². The van der Waals surface area contributed by atoms with Crippen LogP contribution in [-0.2, 0) is 14.3 Å². The molecule has 0 spiro atoms. The van der Waals surface area contributed by atoms with Gasteiger partial charge in [0.2, 0.25) is 0 Å². The summed E-state index contributed by atoms with van der Waals surface area (Å²) in [6, 6.07) is 0. The molecule has 0 radical (unpaired) electrons. The maximum Gasteiger partial charge on any atom is 0.293 e. The smallest absolute Gasteiger partial charge is 0.293 e. The van der Waals surface area contributed by atoms with Crippen LogP contribution in [0.2, 0.25) is 0 Å². The number of imidazole rings is 1. The quantitative estimate of drug-likeness (QED) is 0.315. The monoisotopic (exact) mass is 352 g/mol. The fourth-order valence-electron chi connectivity index (χ4n) is 2.76. The Hall–Kier alpha value is -2.34. The highest BCUT2D eigenvalue weighted by Crippen LogP contribution is 2.31. The zero-order valence-electron chi connectivity index (χ0n) is 13.4. The van der Waals surface area contributed by atoms with Gasteiger partial charge in [-0.25, -0.2) is 15.0 Å². The van der Waals surface area contributed by atoms with E-state index in [1.54, 1.807) is 0 Å². The van der Waals surface area contributed by atoms with E-state index in [1.807, 2.05) is 0 Å². The number of nitrogens with two attached hydrogens (primary N) is 1. The Kier molecular flexibility index (Phi) is 5.38. The molecule has 2 aromatic rings. The zero-order chi connectivity index (χ0) is 17.8. The highest BCUT2D eigenvalue weighted by Gasteiger charge is 2.44. The van der Waals surface area contributed by atoms with Crippen molar-refractivity contribution in [3.63, 3.8) is 0 Å². The van der Waals surface area contributed by atoms with E-state index in [0.717, 1.165) is 0 Å². The Labute approximate surface area is 142 Å². The normalized spacial score (nSPS) is 26.2. The van der Waals surface area contributed by atoms with Gasteiger partial charge in [-0.15, -0.1) is 0 Å². The molecule has 1 aliphatic rings. The molecule has 1 aliphatic heterocycles. The second-order valence-corrected chi connectivity index (χ2v) is 5.65. The molecule has 11 nitrogen and oxygen atoms in total. The van der Waals surface area contributed by atoms with Gasteiger partial charge in [-0.2, -0.15) is 0 Å². The molecule has 3 heterocycles. The number of aromatic nitrogens is 4. The van der Waals surface area contributed by atoms with E-state index >= 15 is 0 Å². The topological polar surface area (TPSA) is 158 Å². The summed E-state index contributed by atoms with van der Waals surface area (Å²) in [7, 11) is 0. The van der Waals surface area contributed by atoms with Gasteiger partial charge in [0.05, 0.1) is 12.9 Å². The van der Waals surface area contributed by atoms with Crippen molar-refractivity contribution in [2.45, 2.75) is 31.0 Å². The Morgan fingerprint density at radius 2 is 2.20 bits per heavy atom. The third-order valence-corrected chi connectivity index (χ3v) is 4.03. The van der Waals surface area contributed by atoms with Crippen molar-refractivity contribution < 1.29 is 24.5 Å². The van der Waals surface area contributed by atoms with E-state index in [4.69, 9.17) is 10.5 Å². The summed E-state index contributed by atoms with van der Waals surface area (Å²) in [4.78, 5) is 22.2. The number of aliphatic hydroxyl groups excluding tert-OH is 2. The van der Waals surface area contributed by atoms with E-state index in [2.05, 4.69) is 25.0 Å². The van der Waals surface area contributed by atoms with Crippen LogP contribution in [0.5, 0.6) is 0 Å². The standard InChI is InChI=1S/C14H20N6O5/c15-12-9-13(18-5-17-12)20(6-19-9)14-11(23)10(22)8(25-14)4-16-2-1-3-24-7-21/h5-8,10-11,14,16,22-23H,1-4H2,(H2,15,17,18)/t8?,10-,11-,14?/m1/s1. The summed E-state index contributed by atoms with van der Waals surface area (Å²) < 4.78 is 11.9. The first-order chi connectivity index (χ1) is 12.1. The number of fused-ring (bicyclic) bond motifs is 1. The Bertz CT molecular complexity index is 725. The number of ether oxygens (including phenoxy) is 2. The van der Waals surface area contributed by atoms with E-state index in [0.29, 0.717) is 43.8 Å². The number of hydrogen-bond donors (Lipinski definition) is 4. The number of carbonyl (C=O) groups is 1. The summed E-state index contributed by atoms with van der Waals surface area (Å²) in [5.74, 6) is 0.229. The third-order valence-electron chi connectivity index (χ3n) is 4.03. The molecule has 3 rings (SSSR count). The molecule has 4 atom stereocenters. The lowest BCUT2D eigenvalue weighted by atomic mass is 10.1. The summed E-state index contributed by atoms with van der Waals surface area (Å²) in [5.41, 5.74) is 6.58. The fraction of sp³-hybridized carbons (Fsp3) is 0.571. The van der Waals surface area contributed by atoms with E-state index in [9.17, 15) is 15.0 Å². The highest BCUT2D eigenvalue weighted by atomic mass is 16.6. The Balaban J connectivity index is 1.63. The van der Waals surface area contributed by atoms with E-state index in [1.165, 1.54) is 17.2 Å². The molecule has 11 heteroatoms. The third kappa shape index (κ3) is 3.54. The number of anilines is 1. The molecule has 0 bridgehead atoms. The molecule has 0 aliphatic carbocycles. The first-order valence-corrected chi connectivity index (χ1v) is 7.84. The maximum absolute atomic E-state index is 10.3. The van der Waals surface area contributed by atoms with Crippen molar-refractivity contribution in [1.82, 2.24) is 24.8 Å². The van der Waals surface area contributed by atoms with Gasteiger partial charge in [-0.1, -0.05) is 0 Å². The van der Waals surface area contributed by atoms with Crippen molar-refractivity contribution in [2.75, 3.05) is 25.4 Å². The highest BCUT2D eigenvalue weighted by molar-refractivity contribution is 5.81. The van der Waals surface area contributed by atoms with Crippen molar-refractivity contribution in [3.8, 4) is 0 Å². The molecule has 0 saturated carbocycles. The fourth-order valence-corrected chi connectivity index (χ4v) is 2.76. The van der Waals surface area contributed by atoms with Crippen molar-refractivity contribution in [1.29, 1.82) is 0 Å². The lowest BCUT2D eigenvalue weighted by Crippen LogP contribution is -2.38. The van der Waals surface area contributed by atoms with Gasteiger partial charge in [-0.3, -0.25) is 9.36 Å². The number of nitrogens with one attached hydrogen (secondary N) is 1. The van der Waals surface area contributed by atoms with Gasteiger partial charge in [-0.05, 0) is 13.0 Å². The average molecular weight is 352 g/mol. The minimum atomic E-state index is -1.14. The van der Waals surface area contributed by atoms with Gasteiger partial charge in [0.25, 0.3) is 6.47 Å².